The Hall–Kier alpha value is -3.30. The van der Waals surface area contributed by atoms with Crippen LogP contribution in [0.1, 0.15) is 30.7 Å². The van der Waals surface area contributed by atoms with Crippen LogP contribution in [0.2, 0.25) is 0 Å². The van der Waals surface area contributed by atoms with Crippen molar-refractivity contribution in [2.45, 2.75) is 25.7 Å². The lowest BCUT2D eigenvalue weighted by Crippen LogP contribution is -2.29. The molecule has 9 heteroatoms. The van der Waals surface area contributed by atoms with Gasteiger partial charge in [0, 0.05) is 24.7 Å². The molecule has 3 heterocycles. The number of aromatic amines is 2. The SMILES string of the molecule is O=C1/C(=C/c2cccc(-c3ccc4cc[nH]c4c3)c2)SC(=S)N1CCCCCc1nn[nH]n1. The topological polar surface area (TPSA) is 90.6 Å². The van der Waals surface area contributed by atoms with Gasteiger partial charge in [0.1, 0.15) is 4.32 Å². The van der Waals surface area contributed by atoms with Crippen molar-refractivity contribution in [2.24, 2.45) is 0 Å². The lowest BCUT2D eigenvalue weighted by molar-refractivity contribution is -0.122. The van der Waals surface area contributed by atoms with Crippen molar-refractivity contribution < 1.29 is 4.79 Å². The van der Waals surface area contributed by atoms with Crippen molar-refractivity contribution in [3.8, 4) is 11.1 Å². The second-order valence-corrected chi connectivity index (χ2v) is 9.55. The summed E-state index contributed by atoms with van der Waals surface area (Å²) in [5, 5.41) is 15.1. The third-order valence-electron chi connectivity index (χ3n) is 5.62. The van der Waals surface area contributed by atoms with Crippen LogP contribution >= 0.6 is 24.0 Å². The van der Waals surface area contributed by atoms with E-state index in [-0.39, 0.29) is 5.91 Å². The Morgan fingerprint density at radius 1 is 1.06 bits per heavy atom. The zero-order valence-corrected chi connectivity index (χ0v) is 19.5. The van der Waals surface area contributed by atoms with Crippen LogP contribution in [0.15, 0.2) is 59.6 Å². The van der Waals surface area contributed by atoms with Crippen LogP contribution in [0.3, 0.4) is 0 Å². The fourth-order valence-corrected chi connectivity index (χ4v) is 5.21. The zero-order valence-electron chi connectivity index (χ0n) is 17.8. The van der Waals surface area contributed by atoms with Gasteiger partial charge >= 0.3 is 0 Å². The summed E-state index contributed by atoms with van der Waals surface area (Å²) in [6, 6.07) is 16.7. The average Bonchev–Trinajstić information content (AvgIpc) is 3.56. The van der Waals surface area contributed by atoms with Gasteiger partial charge in [-0.05, 0) is 59.2 Å². The van der Waals surface area contributed by atoms with Gasteiger partial charge in [-0.25, -0.2) is 0 Å². The quantitative estimate of drug-likeness (QED) is 0.213. The summed E-state index contributed by atoms with van der Waals surface area (Å²) in [5.74, 6) is 0.708. The number of carbonyl (C=O) groups is 1. The monoisotopic (exact) mass is 474 g/mol. The summed E-state index contributed by atoms with van der Waals surface area (Å²) < 4.78 is 0.623. The number of amides is 1. The molecule has 1 amide bonds. The number of thioether (sulfide) groups is 1. The first-order chi connectivity index (χ1) is 16.2. The highest BCUT2D eigenvalue weighted by atomic mass is 32.2. The molecule has 0 aliphatic carbocycles. The Balaban J connectivity index is 1.23. The van der Waals surface area contributed by atoms with Gasteiger partial charge in [-0.2, -0.15) is 5.21 Å². The molecule has 0 bridgehead atoms. The predicted octanol–water partition coefficient (Wildman–Crippen LogP) is 4.96. The molecular weight excluding hydrogens is 452 g/mol. The van der Waals surface area contributed by atoms with Crippen LogP contribution in [0.4, 0.5) is 0 Å². The van der Waals surface area contributed by atoms with Gasteiger partial charge in [0.2, 0.25) is 0 Å². The van der Waals surface area contributed by atoms with Gasteiger partial charge in [-0.3, -0.25) is 9.69 Å². The fraction of sp³-hybridized carbons (Fsp3) is 0.208. The van der Waals surface area contributed by atoms with E-state index in [1.807, 2.05) is 24.4 Å². The maximum atomic E-state index is 13.0. The van der Waals surface area contributed by atoms with Crippen LogP contribution < -0.4 is 0 Å². The van der Waals surface area contributed by atoms with Crippen LogP contribution in [0.25, 0.3) is 28.1 Å². The van der Waals surface area contributed by atoms with Gasteiger partial charge in [0.05, 0.1) is 4.91 Å². The summed E-state index contributed by atoms with van der Waals surface area (Å²) in [6.07, 6.45) is 7.46. The summed E-state index contributed by atoms with van der Waals surface area (Å²) in [7, 11) is 0. The number of unbranched alkanes of at least 4 members (excludes halogenated alkanes) is 2. The van der Waals surface area contributed by atoms with Crippen molar-refractivity contribution in [1.82, 2.24) is 30.5 Å². The molecule has 0 atom stereocenters. The number of hydrogen-bond acceptors (Lipinski definition) is 6. The van der Waals surface area contributed by atoms with Gasteiger partial charge in [-0.1, -0.05) is 65.9 Å². The van der Waals surface area contributed by atoms with E-state index in [0.29, 0.717) is 15.8 Å². The second-order valence-electron chi connectivity index (χ2n) is 7.88. The number of fused-ring (bicyclic) bond motifs is 1. The van der Waals surface area contributed by atoms with Crippen molar-refractivity contribution in [2.75, 3.05) is 6.54 Å². The van der Waals surface area contributed by atoms with E-state index in [0.717, 1.165) is 53.7 Å². The average molecular weight is 475 g/mol. The van der Waals surface area contributed by atoms with Crippen molar-refractivity contribution >= 4 is 51.2 Å². The van der Waals surface area contributed by atoms with Crippen LogP contribution in [0, 0.1) is 0 Å². The molecule has 166 valence electrons. The number of benzene rings is 2. The summed E-state index contributed by atoms with van der Waals surface area (Å²) in [5.41, 5.74) is 4.33. The Kier molecular flexibility index (Phi) is 6.32. The standard InChI is InChI=1S/C24H22N6OS2/c31-23-21(33-24(32)30(23)12-3-1-2-7-22-26-28-29-27-22)14-16-5-4-6-18(13-16)19-9-8-17-10-11-25-20(17)15-19/h4-6,8-11,13-15,25H,1-3,7,12H2,(H,26,27,28,29)/b21-14-. The highest BCUT2D eigenvalue weighted by molar-refractivity contribution is 8.26. The van der Waals surface area contributed by atoms with Gasteiger partial charge < -0.3 is 4.98 Å². The molecule has 1 fully saturated rings. The molecule has 2 N–H and O–H groups in total. The Morgan fingerprint density at radius 3 is 2.85 bits per heavy atom. The third kappa shape index (κ3) is 4.89. The van der Waals surface area contributed by atoms with Crippen LogP contribution in [-0.4, -0.2) is 47.3 Å². The Labute approximate surface area is 200 Å². The van der Waals surface area contributed by atoms with Gasteiger partial charge in [0.25, 0.3) is 5.91 Å². The molecule has 0 radical (unpaired) electrons. The normalized spacial score (nSPS) is 15.3. The molecule has 33 heavy (non-hydrogen) atoms. The predicted molar refractivity (Wildman–Crippen MR) is 135 cm³/mol. The second kappa shape index (κ2) is 9.68. The van der Waals surface area contributed by atoms with Crippen molar-refractivity contribution in [3.05, 3.63) is 71.0 Å². The molecule has 1 saturated heterocycles. The first kappa shape index (κ1) is 21.5. The number of nitrogens with one attached hydrogen (secondary N) is 2. The molecule has 0 saturated carbocycles. The van der Waals surface area contributed by atoms with E-state index in [2.05, 4.69) is 62.0 Å². The summed E-state index contributed by atoms with van der Waals surface area (Å²) in [6.45, 7) is 0.629. The Morgan fingerprint density at radius 2 is 1.97 bits per heavy atom. The van der Waals surface area contributed by atoms with E-state index in [1.54, 1.807) is 4.90 Å². The molecule has 2 aromatic heterocycles. The first-order valence-corrected chi connectivity index (χ1v) is 12.1. The molecular formula is C24H22N6OS2. The lowest BCUT2D eigenvalue weighted by atomic mass is 10.0. The number of carbonyl (C=O) groups excluding carboxylic acids is 1. The maximum Gasteiger partial charge on any atom is 0.266 e. The van der Waals surface area contributed by atoms with E-state index < -0.39 is 0 Å². The largest absolute Gasteiger partial charge is 0.361 e. The minimum Gasteiger partial charge on any atom is -0.361 e. The summed E-state index contributed by atoms with van der Waals surface area (Å²) in [4.78, 5) is 18.6. The number of thiocarbonyl (C=S) groups is 1. The molecule has 7 nitrogen and oxygen atoms in total. The number of hydrogen-bond donors (Lipinski definition) is 2. The van der Waals surface area contributed by atoms with Gasteiger partial charge in [-0.15, -0.1) is 10.2 Å². The minimum atomic E-state index is -0.0126. The fourth-order valence-electron chi connectivity index (χ4n) is 3.90. The zero-order chi connectivity index (χ0) is 22.6. The number of nitrogens with zero attached hydrogens (tertiary/aromatic N) is 4. The van der Waals surface area contributed by atoms with Crippen molar-refractivity contribution in [3.63, 3.8) is 0 Å². The molecule has 1 aliphatic rings. The number of aromatic nitrogens is 5. The number of H-pyrrole nitrogens is 2. The van der Waals surface area contributed by atoms with E-state index in [4.69, 9.17) is 12.2 Å². The third-order valence-corrected chi connectivity index (χ3v) is 7.00. The smallest absolute Gasteiger partial charge is 0.266 e. The number of tetrazole rings is 1. The Bertz CT molecular complexity index is 1330. The molecule has 0 unspecified atom stereocenters. The highest BCUT2D eigenvalue weighted by Crippen LogP contribution is 2.33. The molecule has 2 aromatic carbocycles. The van der Waals surface area contributed by atoms with Crippen LogP contribution in [0.5, 0.6) is 0 Å². The molecule has 1 aliphatic heterocycles. The maximum absolute atomic E-state index is 13.0. The molecule has 4 aromatic rings. The summed E-state index contributed by atoms with van der Waals surface area (Å²) >= 11 is 6.86. The van der Waals surface area contributed by atoms with E-state index in [9.17, 15) is 4.79 Å². The number of aryl methyl sites for hydroxylation is 1. The lowest BCUT2D eigenvalue weighted by Gasteiger charge is -2.13. The van der Waals surface area contributed by atoms with Gasteiger partial charge in [0.15, 0.2) is 5.82 Å². The number of rotatable bonds is 8. The minimum absolute atomic E-state index is 0.0126. The molecule has 5 rings (SSSR count). The van der Waals surface area contributed by atoms with Crippen LogP contribution in [-0.2, 0) is 11.2 Å². The van der Waals surface area contributed by atoms with E-state index >= 15 is 0 Å². The van der Waals surface area contributed by atoms with E-state index in [1.165, 1.54) is 17.1 Å². The molecule has 0 spiro atoms. The first-order valence-electron chi connectivity index (χ1n) is 10.8. The highest BCUT2D eigenvalue weighted by Gasteiger charge is 2.31. The van der Waals surface area contributed by atoms with Crippen molar-refractivity contribution in [1.29, 1.82) is 0 Å².